The lowest BCUT2D eigenvalue weighted by molar-refractivity contribution is -0.124. The van der Waals surface area contributed by atoms with E-state index in [1.807, 2.05) is 13.8 Å². The summed E-state index contributed by atoms with van der Waals surface area (Å²) in [6.45, 7) is 6.36. The molecule has 0 bridgehead atoms. The molecular weight excluding hydrogens is 214 g/mol. The summed E-state index contributed by atoms with van der Waals surface area (Å²) in [6.07, 6.45) is 2.48. The van der Waals surface area contributed by atoms with E-state index < -0.39 is 0 Å². The molecule has 0 saturated carbocycles. The maximum absolute atomic E-state index is 11.6. The van der Waals surface area contributed by atoms with Crippen LogP contribution >= 0.6 is 11.6 Å². The highest BCUT2D eigenvalue weighted by Crippen LogP contribution is 2.17. The zero-order valence-electron chi connectivity index (χ0n) is 9.25. The number of amides is 1. The second kappa shape index (κ2) is 5.16. The molecule has 0 aromatic carbocycles. The number of nitrogens with zero attached hydrogens (tertiary/aromatic N) is 2. The summed E-state index contributed by atoms with van der Waals surface area (Å²) in [5, 5.41) is 7.48. The summed E-state index contributed by atoms with van der Waals surface area (Å²) in [7, 11) is 0. The first-order valence-electron chi connectivity index (χ1n) is 5.05. The maximum atomic E-state index is 11.6. The van der Waals surface area contributed by atoms with Crippen molar-refractivity contribution >= 4 is 17.5 Å². The van der Waals surface area contributed by atoms with Gasteiger partial charge in [-0.15, -0.1) is 0 Å². The van der Waals surface area contributed by atoms with E-state index in [1.54, 1.807) is 17.8 Å². The molecule has 1 aromatic heterocycles. The van der Waals surface area contributed by atoms with Crippen molar-refractivity contribution in [3.8, 4) is 0 Å². The van der Waals surface area contributed by atoms with Gasteiger partial charge in [-0.25, -0.2) is 0 Å². The molecule has 1 N–H and O–H groups in total. The van der Waals surface area contributed by atoms with Gasteiger partial charge in [0.05, 0.1) is 16.9 Å². The van der Waals surface area contributed by atoms with E-state index in [1.165, 1.54) is 0 Å². The molecule has 1 heterocycles. The first kappa shape index (κ1) is 12.0. The highest BCUT2D eigenvalue weighted by molar-refractivity contribution is 6.31. The third kappa shape index (κ3) is 2.72. The standard InChI is InChI=1S/C10H16ClN3O/c1-4-5-12-10(15)8(3)14-7(2)9(11)6-13-14/h6,8H,4-5H2,1-3H3,(H,12,15). The molecule has 0 spiro atoms. The van der Waals surface area contributed by atoms with Gasteiger partial charge in [-0.2, -0.15) is 5.10 Å². The largest absolute Gasteiger partial charge is 0.354 e. The summed E-state index contributed by atoms with van der Waals surface area (Å²) in [5.41, 5.74) is 0.816. The number of hydrogen-bond acceptors (Lipinski definition) is 2. The minimum absolute atomic E-state index is 0.0280. The van der Waals surface area contributed by atoms with Crippen molar-refractivity contribution in [1.82, 2.24) is 15.1 Å². The topological polar surface area (TPSA) is 46.9 Å². The Balaban J connectivity index is 2.71. The van der Waals surface area contributed by atoms with Gasteiger partial charge in [-0.1, -0.05) is 18.5 Å². The van der Waals surface area contributed by atoms with Gasteiger partial charge in [-0.05, 0) is 20.3 Å². The number of carbonyl (C=O) groups is 1. The summed E-state index contributed by atoms with van der Waals surface area (Å²) in [4.78, 5) is 11.6. The quantitative estimate of drug-likeness (QED) is 0.858. The second-order valence-corrected chi connectivity index (χ2v) is 3.90. The number of halogens is 1. The third-order valence-corrected chi connectivity index (χ3v) is 2.65. The Morgan fingerprint density at radius 1 is 1.73 bits per heavy atom. The molecule has 5 heteroatoms. The lowest BCUT2D eigenvalue weighted by Gasteiger charge is -2.13. The Labute approximate surface area is 94.6 Å². The van der Waals surface area contributed by atoms with Crippen molar-refractivity contribution in [3.05, 3.63) is 16.9 Å². The summed E-state index contributed by atoms with van der Waals surface area (Å²) in [5.74, 6) is -0.0280. The van der Waals surface area contributed by atoms with Crippen LogP contribution in [0.3, 0.4) is 0 Å². The lowest BCUT2D eigenvalue weighted by atomic mass is 10.3. The molecular formula is C10H16ClN3O. The van der Waals surface area contributed by atoms with Crippen LogP contribution in [0.5, 0.6) is 0 Å². The number of carbonyl (C=O) groups excluding carboxylic acids is 1. The van der Waals surface area contributed by atoms with Crippen LogP contribution in [0.2, 0.25) is 5.02 Å². The van der Waals surface area contributed by atoms with E-state index >= 15 is 0 Å². The highest BCUT2D eigenvalue weighted by atomic mass is 35.5. The average Bonchev–Trinajstić information content (AvgIpc) is 2.55. The highest BCUT2D eigenvalue weighted by Gasteiger charge is 2.17. The van der Waals surface area contributed by atoms with Gasteiger partial charge in [0.25, 0.3) is 0 Å². The van der Waals surface area contributed by atoms with Gasteiger partial charge in [-0.3, -0.25) is 9.48 Å². The third-order valence-electron chi connectivity index (χ3n) is 2.28. The molecule has 0 aliphatic carbocycles. The smallest absolute Gasteiger partial charge is 0.244 e. The molecule has 0 aliphatic heterocycles. The van der Waals surface area contributed by atoms with Crippen LogP contribution in [-0.4, -0.2) is 22.2 Å². The number of nitrogens with one attached hydrogen (secondary N) is 1. The fraction of sp³-hybridized carbons (Fsp3) is 0.600. The summed E-state index contributed by atoms with van der Waals surface area (Å²) >= 11 is 5.87. The van der Waals surface area contributed by atoms with Gasteiger partial charge < -0.3 is 5.32 Å². The van der Waals surface area contributed by atoms with Crippen molar-refractivity contribution in [3.63, 3.8) is 0 Å². The predicted molar refractivity (Wildman–Crippen MR) is 60.0 cm³/mol. The van der Waals surface area contributed by atoms with Gasteiger partial charge in [0.15, 0.2) is 0 Å². The van der Waals surface area contributed by atoms with Crippen molar-refractivity contribution in [2.75, 3.05) is 6.54 Å². The predicted octanol–water partition coefficient (Wildman–Crippen LogP) is 1.93. The molecule has 0 radical (unpaired) electrons. The van der Waals surface area contributed by atoms with Crippen LogP contribution < -0.4 is 5.32 Å². The van der Waals surface area contributed by atoms with E-state index in [-0.39, 0.29) is 11.9 Å². The van der Waals surface area contributed by atoms with Gasteiger partial charge in [0, 0.05) is 6.54 Å². The van der Waals surface area contributed by atoms with Crippen molar-refractivity contribution in [2.24, 2.45) is 0 Å². The van der Waals surface area contributed by atoms with Crippen LogP contribution in [-0.2, 0) is 4.79 Å². The van der Waals surface area contributed by atoms with E-state index in [0.29, 0.717) is 11.6 Å². The normalized spacial score (nSPS) is 12.5. The molecule has 0 fully saturated rings. The average molecular weight is 230 g/mol. The molecule has 1 atom stereocenters. The molecule has 1 unspecified atom stereocenters. The second-order valence-electron chi connectivity index (χ2n) is 3.49. The number of rotatable bonds is 4. The van der Waals surface area contributed by atoms with E-state index in [2.05, 4.69) is 10.4 Å². The zero-order valence-corrected chi connectivity index (χ0v) is 10.0. The van der Waals surface area contributed by atoms with Crippen LogP contribution in [0.15, 0.2) is 6.20 Å². The van der Waals surface area contributed by atoms with Gasteiger partial charge >= 0.3 is 0 Å². The van der Waals surface area contributed by atoms with Crippen LogP contribution in [0.1, 0.15) is 32.0 Å². The van der Waals surface area contributed by atoms with Crippen molar-refractivity contribution in [1.29, 1.82) is 0 Å². The zero-order chi connectivity index (χ0) is 11.4. The number of aromatic nitrogens is 2. The van der Waals surface area contributed by atoms with Crippen LogP contribution in [0.25, 0.3) is 0 Å². The van der Waals surface area contributed by atoms with Gasteiger partial charge in [0.2, 0.25) is 5.91 Å². The molecule has 0 aliphatic rings. The number of hydrogen-bond donors (Lipinski definition) is 1. The first-order valence-corrected chi connectivity index (χ1v) is 5.43. The minimum atomic E-state index is -0.316. The fourth-order valence-electron chi connectivity index (χ4n) is 1.30. The van der Waals surface area contributed by atoms with E-state index in [0.717, 1.165) is 12.1 Å². The minimum Gasteiger partial charge on any atom is -0.354 e. The molecule has 1 rings (SSSR count). The van der Waals surface area contributed by atoms with Gasteiger partial charge in [0.1, 0.15) is 6.04 Å². The monoisotopic (exact) mass is 229 g/mol. The van der Waals surface area contributed by atoms with Crippen molar-refractivity contribution in [2.45, 2.75) is 33.2 Å². The van der Waals surface area contributed by atoms with Crippen molar-refractivity contribution < 1.29 is 4.79 Å². The molecule has 15 heavy (non-hydrogen) atoms. The molecule has 1 aromatic rings. The Morgan fingerprint density at radius 3 is 2.87 bits per heavy atom. The Morgan fingerprint density at radius 2 is 2.40 bits per heavy atom. The Kier molecular flexibility index (Phi) is 4.15. The fourth-order valence-corrected chi connectivity index (χ4v) is 1.43. The first-order chi connectivity index (χ1) is 7.07. The lowest BCUT2D eigenvalue weighted by Crippen LogP contribution is -2.32. The molecule has 4 nitrogen and oxygen atoms in total. The van der Waals surface area contributed by atoms with Crippen LogP contribution in [0.4, 0.5) is 0 Å². The van der Waals surface area contributed by atoms with Crippen LogP contribution in [0, 0.1) is 6.92 Å². The summed E-state index contributed by atoms with van der Waals surface area (Å²) < 4.78 is 1.63. The van der Waals surface area contributed by atoms with E-state index in [9.17, 15) is 4.79 Å². The Bertz CT molecular complexity index is 348. The molecule has 1 amide bonds. The summed E-state index contributed by atoms with van der Waals surface area (Å²) in [6, 6.07) is -0.316. The molecule has 0 saturated heterocycles. The maximum Gasteiger partial charge on any atom is 0.244 e. The molecule has 84 valence electrons. The van der Waals surface area contributed by atoms with E-state index in [4.69, 9.17) is 11.6 Å². The Hall–Kier alpha value is -1.03. The SMILES string of the molecule is CCCNC(=O)C(C)n1ncc(Cl)c1C.